The number of fused-ring (bicyclic) bond motifs is 2. The zero-order valence-corrected chi connectivity index (χ0v) is 14.4. The zero-order valence-electron chi connectivity index (χ0n) is 12.0. The molecule has 5 rings (SSSR count). The molecule has 0 spiro atoms. The summed E-state index contributed by atoms with van der Waals surface area (Å²) in [5.41, 5.74) is 2.34. The highest BCUT2D eigenvalue weighted by atomic mass is 32.1. The average Bonchev–Trinajstić information content (AvgIpc) is 3.31. The van der Waals surface area contributed by atoms with E-state index < -0.39 is 0 Å². The summed E-state index contributed by atoms with van der Waals surface area (Å²) in [5.74, 6) is 3.43. The van der Waals surface area contributed by atoms with Gasteiger partial charge in [0.05, 0.1) is 9.75 Å². The van der Waals surface area contributed by atoms with E-state index in [1.54, 1.807) is 34.0 Å². The molecule has 2 aliphatic heterocycles. The van der Waals surface area contributed by atoms with Gasteiger partial charge in [-0.2, -0.15) is 11.3 Å². The highest BCUT2D eigenvalue weighted by molar-refractivity contribution is 7.16. The monoisotopic (exact) mass is 364 g/mol. The van der Waals surface area contributed by atoms with E-state index in [1.807, 2.05) is 10.8 Å². The molecule has 7 heteroatoms. The molecule has 0 amide bonds. The highest BCUT2D eigenvalue weighted by Crippen LogP contribution is 2.53. The van der Waals surface area contributed by atoms with E-state index in [2.05, 4.69) is 10.8 Å². The minimum absolute atomic E-state index is 0.599. The molecule has 5 heterocycles. The summed E-state index contributed by atoms with van der Waals surface area (Å²) >= 11 is 5.01. The van der Waals surface area contributed by atoms with Crippen molar-refractivity contribution in [1.82, 2.24) is 0 Å². The molecule has 3 aromatic rings. The summed E-state index contributed by atoms with van der Waals surface area (Å²) in [6, 6.07) is 0. The Kier molecular flexibility index (Phi) is 3.24. The zero-order chi connectivity index (χ0) is 15.2. The van der Waals surface area contributed by atoms with E-state index in [4.69, 9.17) is 18.9 Å². The van der Waals surface area contributed by atoms with Crippen molar-refractivity contribution >= 4 is 34.0 Å². The Hall–Kier alpha value is -1.70. The second kappa shape index (κ2) is 5.43. The molecule has 0 atom stereocenters. The van der Waals surface area contributed by atoms with Gasteiger partial charge >= 0.3 is 0 Å². The third-order valence-electron chi connectivity index (χ3n) is 3.75. The molecule has 0 radical (unpaired) electrons. The maximum atomic E-state index is 5.84. The molecular weight excluding hydrogens is 352 g/mol. The maximum Gasteiger partial charge on any atom is 0.180 e. The summed E-state index contributed by atoms with van der Waals surface area (Å²) in [7, 11) is 0. The summed E-state index contributed by atoms with van der Waals surface area (Å²) in [5, 5.41) is 8.37. The van der Waals surface area contributed by atoms with Crippen LogP contribution in [-0.4, -0.2) is 26.4 Å². The van der Waals surface area contributed by atoms with Crippen molar-refractivity contribution in [1.29, 1.82) is 0 Å². The van der Waals surface area contributed by atoms with Gasteiger partial charge < -0.3 is 18.9 Å². The van der Waals surface area contributed by atoms with Crippen LogP contribution in [0.3, 0.4) is 0 Å². The predicted octanol–water partition coefficient (Wildman–Crippen LogP) is 4.75. The van der Waals surface area contributed by atoms with E-state index in [0.717, 1.165) is 32.8 Å². The first-order chi connectivity index (χ1) is 11.4. The van der Waals surface area contributed by atoms with Gasteiger partial charge in [-0.05, 0) is 0 Å². The summed E-state index contributed by atoms with van der Waals surface area (Å²) in [6.07, 6.45) is 0. The Morgan fingerprint density at radius 3 is 1.61 bits per heavy atom. The quantitative estimate of drug-likeness (QED) is 0.658. The van der Waals surface area contributed by atoms with Crippen molar-refractivity contribution in [3.05, 3.63) is 21.5 Å². The maximum absolute atomic E-state index is 5.84. The molecule has 0 aliphatic carbocycles. The molecule has 0 saturated heterocycles. The third kappa shape index (κ3) is 2.14. The van der Waals surface area contributed by atoms with Gasteiger partial charge in [0, 0.05) is 32.6 Å². The van der Waals surface area contributed by atoms with Gasteiger partial charge in [-0.15, -0.1) is 22.7 Å². The number of hydrogen-bond donors (Lipinski definition) is 0. The fourth-order valence-corrected chi connectivity index (χ4v) is 5.65. The molecule has 0 N–H and O–H groups in total. The largest absolute Gasteiger partial charge is 0.485 e. The van der Waals surface area contributed by atoms with Crippen LogP contribution in [0.4, 0.5) is 0 Å². The lowest BCUT2D eigenvalue weighted by Crippen LogP contribution is -2.14. The number of ether oxygens (including phenoxy) is 4. The second-order valence-electron chi connectivity index (χ2n) is 5.11. The van der Waals surface area contributed by atoms with Gasteiger partial charge in [0.1, 0.15) is 26.4 Å². The topological polar surface area (TPSA) is 36.9 Å². The van der Waals surface area contributed by atoms with Crippen molar-refractivity contribution in [2.75, 3.05) is 26.4 Å². The molecular formula is C16H12O4S3. The van der Waals surface area contributed by atoms with Crippen LogP contribution in [0.15, 0.2) is 21.5 Å². The normalized spacial score (nSPS) is 15.7. The van der Waals surface area contributed by atoms with E-state index in [1.165, 1.54) is 11.1 Å². The Balaban J connectivity index is 1.63. The second-order valence-corrected chi connectivity index (χ2v) is 7.61. The molecule has 0 saturated carbocycles. The lowest BCUT2D eigenvalue weighted by atomic mass is 10.1. The molecule has 0 unspecified atom stereocenters. The van der Waals surface area contributed by atoms with E-state index in [-0.39, 0.29) is 0 Å². The molecule has 118 valence electrons. The molecule has 0 aromatic carbocycles. The van der Waals surface area contributed by atoms with Crippen LogP contribution in [0.5, 0.6) is 23.0 Å². The molecule has 0 bridgehead atoms. The molecule has 3 aromatic heterocycles. The Morgan fingerprint density at radius 2 is 1.09 bits per heavy atom. The highest BCUT2D eigenvalue weighted by Gasteiger charge is 2.26. The van der Waals surface area contributed by atoms with Crippen LogP contribution in [-0.2, 0) is 0 Å². The number of rotatable bonds is 2. The van der Waals surface area contributed by atoms with E-state index in [9.17, 15) is 0 Å². The third-order valence-corrected chi connectivity index (χ3v) is 6.44. The lowest BCUT2D eigenvalue weighted by Gasteiger charge is -2.17. The average molecular weight is 364 g/mol. The predicted molar refractivity (Wildman–Crippen MR) is 92.9 cm³/mol. The van der Waals surface area contributed by atoms with Crippen molar-refractivity contribution < 1.29 is 18.9 Å². The Bertz CT molecular complexity index is 792. The standard InChI is InChI=1S/C16H12O4S3/c1-3-19-13-11(17-1)7-22-15(13)9-5-21-6-10(9)16-14-12(8-23-16)18-2-4-20-14/h5-8H,1-4H2. The Morgan fingerprint density at radius 1 is 0.609 bits per heavy atom. The SMILES string of the molecule is c1sc(-c2cscc2-c2scc3c2OCCO3)c2c1OCCO2. The van der Waals surface area contributed by atoms with Gasteiger partial charge in [-0.1, -0.05) is 0 Å². The van der Waals surface area contributed by atoms with Crippen molar-refractivity contribution in [3.8, 4) is 43.9 Å². The summed E-state index contributed by atoms with van der Waals surface area (Å²) in [6.45, 7) is 2.43. The first-order valence-electron chi connectivity index (χ1n) is 7.23. The van der Waals surface area contributed by atoms with Gasteiger partial charge in [-0.3, -0.25) is 0 Å². The first-order valence-corrected chi connectivity index (χ1v) is 9.93. The van der Waals surface area contributed by atoms with Crippen LogP contribution < -0.4 is 18.9 Å². The minimum atomic E-state index is 0.599. The fraction of sp³-hybridized carbons (Fsp3) is 0.250. The molecule has 4 nitrogen and oxygen atoms in total. The number of hydrogen-bond acceptors (Lipinski definition) is 7. The summed E-state index contributed by atoms with van der Waals surface area (Å²) < 4.78 is 23.0. The summed E-state index contributed by atoms with van der Waals surface area (Å²) in [4.78, 5) is 2.24. The van der Waals surface area contributed by atoms with Gasteiger partial charge in [0.25, 0.3) is 0 Å². The van der Waals surface area contributed by atoms with Gasteiger partial charge in [-0.25, -0.2) is 0 Å². The van der Waals surface area contributed by atoms with Crippen LogP contribution >= 0.6 is 34.0 Å². The van der Waals surface area contributed by atoms with Crippen molar-refractivity contribution in [2.24, 2.45) is 0 Å². The number of thiophene rings is 3. The van der Waals surface area contributed by atoms with Crippen LogP contribution in [0.2, 0.25) is 0 Å². The van der Waals surface area contributed by atoms with Crippen LogP contribution in [0.1, 0.15) is 0 Å². The smallest absolute Gasteiger partial charge is 0.180 e. The first kappa shape index (κ1) is 13.7. The van der Waals surface area contributed by atoms with Crippen LogP contribution in [0.25, 0.3) is 20.9 Å². The molecule has 2 aliphatic rings. The molecule has 23 heavy (non-hydrogen) atoms. The van der Waals surface area contributed by atoms with Crippen molar-refractivity contribution in [3.63, 3.8) is 0 Å². The van der Waals surface area contributed by atoms with E-state index in [0.29, 0.717) is 26.4 Å². The van der Waals surface area contributed by atoms with E-state index >= 15 is 0 Å². The lowest BCUT2D eigenvalue weighted by molar-refractivity contribution is 0.174. The minimum Gasteiger partial charge on any atom is -0.485 e. The van der Waals surface area contributed by atoms with Gasteiger partial charge in [0.2, 0.25) is 0 Å². The van der Waals surface area contributed by atoms with Crippen molar-refractivity contribution in [2.45, 2.75) is 0 Å². The van der Waals surface area contributed by atoms with Crippen LogP contribution in [0, 0.1) is 0 Å². The Labute approximate surface area is 144 Å². The fourth-order valence-electron chi connectivity index (χ4n) is 2.75. The molecule has 0 fully saturated rings. The van der Waals surface area contributed by atoms with Gasteiger partial charge in [0.15, 0.2) is 23.0 Å².